The van der Waals surface area contributed by atoms with Gasteiger partial charge in [0.2, 0.25) is 0 Å². The molecule has 0 saturated heterocycles. The zero-order chi connectivity index (χ0) is 14.8. The van der Waals surface area contributed by atoms with Crippen LogP contribution in [-0.2, 0) is 14.8 Å². The lowest BCUT2D eigenvalue weighted by molar-refractivity contribution is -0.139. The van der Waals surface area contributed by atoms with Gasteiger partial charge in [0.15, 0.2) is 5.03 Å². The van der Waals surface area contributed by atoms with Gasteiger partial charge < -0.3 is 10.1 Å². The third-order valence-electron chi connectivity index (χ3n) is 2.62. The highest BCUT2D eigenvalue weighted by atomic mass is 32.2. The number of imidazole rings is 1. The zero-order valence-electron chi connectivity index (χ0n) is 10.6. The van der Waals surface area contributed by atoms with Crippen LogP contribution >= 0.6 is 0 Å². The largest absolute Gasteiger partial charge is 0.480 e. The third-order valence-corrected chi connectivity index (χ3v) is 3.95. The molecule has 0 spiro atoms. The Balaban J connectivity index is 2.32. The molecule has 1 atom stereocenters. The number of carbonyl (C=O) groups is 1. The van der Waals surface area contributed by atoms with Crippen molar-refractivity contribution < 1.29 is 18.3 Å². The van der Waals surface area contributed by atoms with E-state index in [1.807, 2.05) is 0 Å². The standard InChI is InChI=1S/C12H13N3O4S/c1-8-13-7-10(14-8)20(18,19)15-11(12(16)17)9-5-3-2-4-6-9/h2-7,11,15H,1H3,(H,13,14)(H,16,17). The summed E-state index contributed by atoms with van der Waals surface area (Å²) in [6.07, 6.45) is 1.14. The van der Waals surface area contributed by atoms with Gasteiger partial charge in [-0.3, -0.25) is 4.79 Å². The molecule has 0 amide bonds. The molecule has 7 nitrogen and oxygen atoms in total. The molecule has 1 unspecified atom stereocenters. The van der Waals surface area contributed by atoms with Crippen LogP contribution in [0.3, 0.4) is 0 Å². The van der Waals surface area contributed by atoms with Gasteiger partial charge in [-0.2, -0.15) is 4.72 Å². The highest BCUT2D eigenvalue weighted by Gasteiger charge is 2.27. The second-order valence-corrected chi connectivity index (χ2v) is 5.82. The molecule has 1 aromatic heterocycles. The summed E-state index contributed by atoms with van der Waals surface area (Å²) in [5.74, 6) is -0.854. The van der Waals surface area contributed by atoms with Gasteiger partial charge in [-0.25, -0.2) is 13.4 Å². The number of aliphatic carboxylic acids is 1. The lowest BCUT2D eigenvalue weighted by Crippen LogP contribution is -2.34. The van der Waals surface area contributed by atoms with Crippen molar-refractivity contribution in [2.75, 3.05) is 0 Å². The van der Waals surface area contributed by atoms with E-state index in [0.29, 0.717) is 11.4 Å². The average Bonchev–Trinajstić information content (AvgIpc) is 2.84. The van der Waals surface area contributed by atoms with Crippen LogP contribution in [-0.4, -0.2) is 29.5 Å². The van der Waals surface area contributed by atoms with Gasteiger partial charge in [0.25, 0.3) is 10.0 Å². The first-order valence-electron chi connectivity index (χ1n) is 5.72. The van der Waals surface area contributed by atoms with Gasteiger partial charge in [-0.05, 0) is 12.5 Å². The maximum atomic E-state index is 12.1. The SMILES string of the molecule is Cc1ncc(S(=O)(=O)NC(C(=O)O)c2ccccc2)[nH]1. The maximum absolute atomic E-state index is 12.1. The Labute approximate surface area is 115 Å². The van der Waals surface area contributed by atoms with Crippen molar-refractivity contribution in [3.63, 3.8) is 0 Å². The van der Waals surface area contributed by atoms with Crippen molar-refractivity contribution in [3.8, 4) is 0 Å². The van der Waals surface area contributed by atoms with Gasteiger partial charge >= 0.3 is 5.97 Å². The fourth-order valence-electron chi connectivity index (χ4n) is 1.66. The zero-order valence-corrected chi connectivity index (χ0v) is 11.4. The van der Waals surface area contributed by atoms with E-state index in [2.05, 4.69) is 14.7 Å². The first-order valence-corrected chi connectivity index (χ1v) is 7.20. The van der Waals surface area contributed by atoms with Gasteiger partial charge in [0, 0.05) is 0 Å². The van der Waals surface area contributed by atoms with Crippen molar-refractivity contribution in [2.24, 2.45) is 0 Å². The molecule has 0 bridgehead atoms. The summed E-state index contributed by atoms with van der Waals surface area (Å²) >= 11 is 0. The van der Waals surface area contributed by atoms with Gasteiger partial charge in [-0.15, -0.1) is 0 Å². The number of carboxylic acids is 1. The third kappa shape index (κ3) is 3.03. The van der Waals surface area contributed by atoms with E-state index in [4.69, 9.17) is 0 Å². The minimum atomic E-state index is -3.98. The van der Waals surface area contributed by atoms with Crippen LogP contribution in [0.5, 0.6) is 0 Å². The van der Waals surface area contributed by atoms with E-state index < -0.39 is 22.0 Å². The Kier molecular flexibility index (Phi) is 3.86. The fraction of sp³-hybridized carbons (Fsp3) is 0.167. The molecule has 106 valence electrons. The van der Waals surface area contributed by atoms with Crippen LogP contribution in [0.25, 0.3) is 0 Å². The number of benzene rings is 1. The van der Waals surface area contributed by atoms with Crippen molar-refractivity contribution >= 4 is 16.0 Å². The normalized spacial score (nSPS) is 13.1. The molecule has 2 rings (SSSR count). The number of aryl methyl sites for hydroxylation is 1. The van der Waals surface area contributed by atoms with Crippen molar-refractivity contribution in [2.45, 2.75) is 18.0 Å². The van der Waals surface area contributed by atoms with E-state index in [1.165, 1.54) is 0 Å². The number of sulfonamides is 1. The van der Waals surface area contributed by atoms with Crippen LogP contribution < -0.4 is 4.72 Å². The average molecular weight is 295 g/mol. The highest BCUT2D eigenvalue weighted by molar-refractivity contribution is 7.89. The Morgan fingerprint density at radius 3 is 2.50 bits per heavy atom. The van der Waals surface area contributed by atoms with E-state index >= 15 is 0 Å². The quantitative estimate of drug-likeness (QED) is 0.756. The molecule has 3 N–H and O–H groups in total. The minimum Gasteiger partial charge on any atom is -0.480 e. The summed E-state index contributed by atoms with van der Waals surface area (Å²) in [7, 11) is -3.98. The van der Waals surface area contributed by atoms with Crippen molar-refractivity contribution in [1.29, 1.82) is 0 Å². The van der Waals surface area contributed by atoms with Crippen LogP contribution in [0.2, 0.25) is 0 Å². The first kappa shape index (κ1) is 14.2. The first-order chi connectivity index (χ1) is 9.40. The number of aromatic nitrogens is 2. The molecule has 0 aliphatic heterocycles. The van der Waals surface area contributed by atoms with Crippen LogP contribution in [0.1, 0.15) is 17.4 Å². The minimum absolute atomic E-state index is 0.169. The summed E-state index contributed by atoms with van der Waals surface area (Å²) in [6, 6.07) is 6.72. The van der Waals surface area contributed by atoms with Crippen molar-refractivity contribution in [1.82, 2.24) is 14.7 Å². The smallest absolute Gasteiger partial charge is 0.326 e. The molecule has 0 radical (unpaired) electrons. The molecule has 8 heteroatoms. The molecule has 1 heterocycles. The van der Waals surface area contributed by atoms with Crippen molar-refractivity contribution in [3.05, 3.63) is 47.9 Å². The summed E-state index contributed by atoms with van der Waals surface area (Å²) in [6.45, 7) is 1.60. The number of nitrogens with one attached hydrogen (secondary N) is 2. The van der Waals surface area contributed by atoms with E-state index in [1.54, 1.807) is 37.3 Å². The molecule has 20 heavy (non-hydrogen) atoms. The molecule has 1 aromatic carbocycles. The summed E-state index contributed by atoms with van der Waals surface area (Å²) in [5, 5.41) is 9.02. The van der Waals surface area contributed by atoms with Crippen LogP contribution in [0.4, 0.5) is 0 Å². The number of carboxylic acid groups (broad SMARTS) is 1. The van der Waals surface area contributed by atoms with Gasteiger partial charge in [-0.1, -0.05) is 30.3 Å². The number of hydrogen-bond acceptors (Lipinski definition) is 4. The van der Waals surface area contributed by atoms with Gasteiger partial charge in [0.1, 0.15) is 11.9 Å². The summed E-state index contributed by atoms with van der Waals surface area (Å²) < 4.78 is 26.3. The topological polar surface area (TPSA) is 112 Å². The molecular weight excluding hydrogens is 282 g/mol. The molecular formula is C12H13N3O4S. The van der Waals surface area contributed by atoms with Gasteiger partial charge in [0.05, 0.1) is 6.20 Å². The lowest BCUT2D eigenvalue weighted by atomic mass is 10.1. The van der Waals surface area contributed by atoms with E-state index in [-0.39, 0.29) is 5.03 Å². The number of rotatable bonds is 5. The highest BCUT2D eigenvalue weighted by Crippen LogP contribution is 2.16. The summed E-state index contributed by atoms with van der Waals surface area (Å²) in [5.41, 5.74) is 0.347. The molecule has 2 aromatic rings. The molecule has 0 saturated carbocycles. The van der Waals surface area contributed by atoms with E-state index in [0.717, 1.165) is 6.20 Å². The Bertz CT molecular complexity index is 709. The predicted octanol–water partition coefficient (Wildman–Crippen LogP) is 0.822. The molecule has 0 aliphatic carbocycles. The lowest BCUT2D eigenvalue weighted by Gasteiger charge is -2.14. The summed E-state index contributed by atoms with van der Waals surface area (Å²) in [4.78, 5) is 17.6. The Morgan fingerprint density at radius 1 is 1.35 bits per heavy atom. The Hall–Kier alpha value is -2.19. The van der Waals surface area contributed by atoms with E-state index in [9.17, 15) is 18.3 Å². The number of nitrogens with zero attached hydrogens (tertiary/aromatic N) is 1. The molecule has 0 aliphatic rings. The van der Waals surface area contributed by atoms with Crippen LogP contribution in [0, 0.1) is 6.92 Å². The second kappa shape index (κ2) is 5.43. The predicted molar refractivity (Wildman–Crippen MR) is 70.5 cm³/mol. The second-order valence-electron chi connectivity index (χ2n) is 4.14. The fourth-order valence-corrected chi connectivity index (χ4v) is 2.81. The maximum Gasteiger partial charge on any atom is 0.326 e. The molecule has 0 fully saturated rings. The number of hydrogen-bond donors (Lipinski definition) is 3. The Morgan fingerprint density at radius 2 is 2.00 bits per heavy atom. The number of H-pyrrole nitrogens is 1. The van der Waals surface area contributed by atoms with Crippen LogP contribution in [0.15, 0.2) is 41.6 Å². The monoisotopic (exact) mass is 295 g/mol. The number of aromatic amines is 1.